The van der Waals surface area contributed by atoms with Gasteiger partial charge in [-0.3, -0.25) is 0 Å². The molecule has 190 valence electrons. The Kier molecular flexibility index (Phi) is 4.47. The molecule has 2 aromatic rings. The molecule has 2 aliphatic carbocycles. The van der Waals surface area contributed by atoms with Crippen molar-refractivity contribution in [2.75, 3.05) is 27.6 Å². The second-order valence-electron chi connectivity index (χ2n) is 10.1. The van der Waals surface area contributed by atoms with Crippen LogP contribution in [-0.4, -0.2) is 67.3 Å². The van der Waals surface area contributed by atoms with E-state index in [2.05, 4.69) is 5.32 Å². The number of phenols is 1. The summed E-state index contributed by atoms with van der Waals surface area (Å²) in [5, 5.41) is 25.2. The number of aromatic hydroxyl groups is 1. The van der Waals surface area contributed by atoms with Crippen LogP contribution in [0.4, 0.5) is 0 Å². The van der Waals surface area contributed by atoms with Crippen LogP contribution in [0.15, 0.2) is 30.3 Å². The second-order valence-corrected chi connectivity index (χ2v) is 10.1. The molecule has 7 rings (SSSR count). The Hall–Kier alpha value is -3.05. The fraction of sp³-hybridized carbons (Fsp3) is 0.500. The zero-order chi connectivity index (χ0) is 24.9. The smallest absolute Gasteiger partial charge is 0.338 e. The molecule has 2 saturated heterocycles. The lowest BCUT2D eigenvalue weighted by Crippen LogP contribution is -2.77. The maximum Gasteiger partial charge on any atom is 0.338 e. The predicted molar refractivity (Wildman–Crippen MR) is 122 cm³/mol. The molecule has 0 radical (unpaired) electrons. The zero-order valence-corrected chi connectivity index (χ0v) is 19.9. The monoisotopic (exact) mass is 497 g/mol. The van der Waals surface area contributed by atoms with E-state index in [1.165, 1.54) is 32.4 Å². The summed E-state index contributed by atoms with van der Waals surface area (Å²) in [6.45, 7) is 0.856. The van der Waals surface area contributed by atoms with Crippen molar-refractivity contribution in [2.45, 2.75) is 54.3 Å². The van der Waals surface area contributed by atoms with Crippen LogP contribution in [0.2, 0.25) is 0 Å². The number of aliphatic hydroxyl groups excluding tert-OH is 1. The van der Waals surface area contributed by atoms with Crippen LogP contribution < -0.4 is 19.5 Å². The Morgan fingerprint density at radius 1 is 1.14 bits per heavy atom. The fourth-order valence-electron chi connectivity index (χ4n) is 7.41. The first kappa shape index (κ1) is 22.2. The van der Waals surface area contributed by atoms with E-state index in [9.17, 15) is 15.0 Å². The van der Waals surface area contributed by atoms with E-state index in [0.29, 0.717) is 30.9 Å². The van der Waals surface area contributed by atoms with E-state index in [4.69, 9.17) is 28.4 Å². The number of rotatable bonds is 4. The largest absolute Gasteiger partial charge is 0.504 e. The van der Waals surface area contributed by atoms with Crippen LogP contribution in [0.25, 0.3) is 0 Å². The van der Waals surface area contributed by atoms with Crippen LogP contribution >= 0.6 is 0 Å². The van der Waals surface area contributed by atoms with Crippen molar-refractivity contribution in [3.05, 3.63) is 47.0 Å². The number of esters is 1. The van der Waals surface area contributed by atoms with Crippen molar-refractivity contribution >= 4 is 5.97 Å². The molecule has 10 nitrogen and oxygen atoms in total. The fourth-order valence-corrected chi connectivity index (χ4v) is 7.41. The van der Waals surface area contributed by atoms with Crippen LogP contribution in [0.5, 0.6) is 23.0 Å². The molecule has 1 spiro atoms. The Morgan fingerprint density at radius 3 is 2.72 bits per heavy atom. The first-order chi connectivity index (χ1) is 17.4. The quantitative estimate of drug-likeness (QED) is 0.540. The molecule has 3 fully saturated rings. The molecular weight excluding hydrogens is 470 g/mol. The van der Waals surface area contributed by atoms with Gasteiger partial charge in [-0.2, -0.15) is 0 Å². The molecule has 3 heterocycles. The summed E-state index contributed by atoms with van der Waals surface area (Å²) in [5.41, 5.74) is 0.988. The summed E-state index contributed by atoms with van der Waals surface area (Å²) in [5.74, 6) is -0.665. The number of benzene rings is 2. The number of aliphatic hydroxyl groups is 1. The van der Waals surface area contributed by atoms with Gasteiger partial charge in [-0.05, 0) is 60.8 Å². The topological polar surface area (TPSA) is 125 Å². The van der Waals surface area contributed by atoms with Gasteiger partial charge >= 0.3 is 5.97 Å². The molecule has 36 heavy (non-hydrogen) atoms. The van der Waals surface area contributed by atoms with Gasteiger partial charge in [0, 0.05) is 18.9 Å². The average Bonchev–Trinajstić information content (AvgIpc) is 3.59. The molecule has 5 aliphatic rings. The van der Waals surface area contributed by atoms with Gasteiger partial charge in [-0.1, -0.05) is 0 Å². The van der Waals surface area contributed by atoms with Crippen molar-refractivity contribution < 1.29 is 43.4 Å². The normalized spacial score (nSPS) is 36.8. The summed E-state index contributed by atoms with van der Waals surface area (Å²) in [6, 6.07) is 8.22. The minimum absolute atomic E-state index is 0.0857. The van der Waals surface area contributed by atoms with Crippen LogP contribution in [0, 0.1) is 0 Å². The Morgan fingerprint density at radius 2 is 1.94 bits per heavy atom. The Bertz CT molecular complexity index is 1280. The predicted octanol–water partition coefficient (Wildman–Crippen LogP) is 1.91. The van der Waals surface area contributed by atoms with Gasteiger partial charge in [0.25, 0.3) is 0 Å². The third kappa shape index (κ3) is 2.47. The highest BCUT2D eigenvalue weighted by molar-refractivity contribution is 5.90. The number of phenolic OH excluding ortho intramolecular Hbond substituents is 1. The number of methoxy groups -OCH3 is 2. The molecule has 6 atom stereocenters. The van der Waals surface area contributed by atoms with Crippen LogP contribution in [0.3, 0.4) is 0 Å². The SMILES string of the molecule is COc1cc(C(=O)O[C@H]2C[C@]34CCN[C@@]35C[C@H](O[C@@]5(OC)[C@H]2O)c2cc3c(cc24)OCO3)ccc1O. The van der Waals surface area contributed by atoms with E-state index in [-0.39, 0.29) is 30.0 Å². The highest BCUT2D eigenvalue weighted by Crippen LogP contribution is 2.70. The van der Waals surface area contributed by atoms with Crippen molar-refractivity contribution in [1.82, 2.24) is 5.32 Å². The van der Waals surface area contributed by atoms with Gasteiger partial charge in [0.2, 0.25) is 12.6 Å². The maximum atomic E-state index is 13.2. The first-order valence-corrected chi connectivity index (χ1v) is 12.1. The number of carbonyl (C=O) groups excluding carboxylic acids is 1. The lowest BCUT2D eigenvalue weighted by molar-refractivity contribution is -0.322. The number of hydrogen-bond donors (Lipinski definition) is 3. The van der Waals surface area contributed by atoms with E-state index in [1.54, 1.807) is 0 Å². The molecule has 2 bridgehead atoms. The second kappa shape index (κ2) is 7.25. The minimum Gasteiger partial charge on any atom is -0.504 e. The molecule has 3 N–H and O–H groups in total. The van der Waals surface area contributed by atoms with E-state index < -0.39 is 34.9 Å². The van der Waals surface area contributed by atoms with Crippen molar-refractivity contribution in [3.63, 3.8) is 0 Å². The first-order valence-electron chi connectivity index (χ1n) is 12.1. The number of carbonyl (C=O) groups is 1. The van der Waals surface area contributed by atoms with Gasteiger partial charge in [-0.25, -0.2) is 4.79 Å². The van der Waals surface area contributed by atoms with Gasteiger partial charge < -0.3 is 44.0 Å². The molecule has 0 amide bonds. The molecule has 1 saturated carbocycles. The maximum absolute atomic E-state index is 13.2. The van der Waals surface area contributed by atoms with E-state index in [0.717, 1.165) is 17.5 Å². The van der Waals surface area contributed by atoms with Gasteiger partial charge in [0.15, 0.2) is 23.0 Å². The number of ether oxygens (including phenoxy) is 6. The van der Waals surface area contributed by atoms with Crippen molar-refractivity contribution in [3.8, 4) is 23.0 Å². The van der Waals surface area contributed by atoms with Crippen LogP contribution in [0.1, 0.15) is 46.9 Å². The van der Waals surface area contributed by atoms with E-state index >= 15 is 0 Å². The summed E-state index contributed by atoms with van der Waals surface area (Å²) in [4.78, 5) is 13.2. The lowest BCUT2D eigenvalue weighted by Gasteiger charge is -2.59. The van der Waals surface area contributed by atoms with Crippen molar-refractivity contribution in [2.24, 2.45) is 0 Å². The van der Waals surface area contributed by atoms with E-state index in [1.807, 2.05) is 12.1 Å². The highest BCUT2D eigenvalue weighted by Gasteiger charge is 2.81. The molecule has 0 aromatic heterocycles. The standard InChI is InChI=1S/C26H27NO9/c1-31-17-7-13(3-4-16(17)28)23(30)35-21-10-24-5-6-27-25(24)11-20(36-26(25,32-2)22(21)29)14-8-18-19(9-15(14)24)34-12-33-18/h3-4,7-9,20-22,27-29H,5-6,10-12H2,1-2H3/t20-,21-,22-,24-,25-,26-/m0/s1. The average molecular weight is 498 g/mol. The van der Waals surface area contributed by atoms with Crippen LogP contribution in [-0.2, 0) is 19.6 Å². The Labute approximate surface area is 207 Å². The summed E-state index contributed by atoms with van der Waals surface area (Å²) >= 11 is 0. The zero-order valence-electron chi connectivity index (χ0n) is 19.9. The van der Waals surface area contributed by atoms with Crippen molar-refractivity contribution in [1.29, 1.82) is 0 Å². The highest BCUT2D eigenvalue weighted by atomic mass is 16.7. The lowest BCUT2D eigenvalue weighted by atomic mass is 9.51. The number of fused-ring (bicyclic) bond motifs is 4. The molecule has 0 unspecified atom stereocenters. The minimum atomic E-state index is -1.44. The molecule has 2 aromatic carbocycles. The molecule has 3 aliphatic heterocycles. The Balaban J connectivity index is 1.33. The molecule has 10 heteroatoms. The summed E-state index contributed by atoms with van der Waals surface area (Å²) in [7, 11) is 2.93. The third-order valence-electron chi connectivity index (χ3n) is 8.87. The third-order valence-corrected chi connectivity index (χ3v) is 8.87. The summed E-state index contributed by atoms with van der Waals surface area (Å²) < 4.78 is 35.1. The number of hydrogen-bond acceptors (Lipinski definition) is 10. The molecular formula is C26H27NO9. The van der Waals surface area contributed by atoms with Gasteiger partial charge in [-0.15, -0.1) is 0 Å². The number of nitrogens with one attached hydrogen (secondary N) is 1. The van der Waals surface area contributed by atoms with Gasteiger partial charge in [0.1, 0.15) is 12.2 Å². The summed E-state index contributed by atoms with van der Waals surface area (Å²) in [6.07, 6.45) is -0.771. The van der Waals surface area contributed by atoms with Gasteiger partial charge in [0.05, 0.1) is 24.3 Å².